The number of aryl methyl sites for hydroxylation is 1. The minimum absolute atomic E-state index is 0.251. The molecule has 1 unspecified atom stereocenters. The maximum atomic E-state index is 14.3. The fourth-order valence-electron chi connectivity index (χ4n) is 2.52. The molecule has 0 N–H and O–H groups in total. The van der Waals surface area contributed by atoms with Gasteiger partial charge in [0.25, 0.3) is 0 Å². The summed E-state index contributed by atoms with van der Waals surface area (Å²) in [6.45, 7) is 2.39. The van der Waals surface area contributed by atoms with Crippen LogP contribution in [0.3, 0.4) is 0 Å². The van der Waals surface area contributed by atoms with Crippen LogP contribution in [0.5, 0.6) is 5.75 Å². The Bertz CT molecular complexity index is 672. The number of fused-ring (bicyclic) bond motifs is 1. The summed E-state index contributed by atoms with van der Waals surface area (Å²) in [5, 5.41) is -0.556. The number of alkyl halides is 1. The van der Waals surface area contributed by atoms with E-state index in [1.165, 1.54) is 0 Å². The second-order valence-electron chi connectivity index (χ2n) is 4.92. The highest BCUT2D eigenvalue weighted by atomic mass is 79.9. The van der Waals surface area contributed by atoms with E-state index in [0.29, 0.717) is 17.7 Å². The summed E-state index contributed by atoms with van der Waals surface area (Å²) in [5.41, 5.74) is 3.02. The topological polar surface area (TPSA) is 9.23 Å². The Kier molecular flexibility index (Phi) is 3.74. The molecule has 4 heteroatoms. The van der Waals surface area contributed by atoms with Crippen molar-refractivity contribution in [3.05, 3.63) is 62.9 Å². The first-order chi connectivity index (χ1) is 9.58. The van der Waals surface area contributed by atoms with E-state index in [0.717, 1.165) is 27.8 Å². The van der Waals surface area contributed by atoms with Crippen molar-refractivity contribution in [3.63, 3.8) is 0 Å². The molecule has 2 aromatic carbocycles. The number of hydrogen-bond acceptors (Lipinski definition) is 1. The number of halogens is 3. The Morgan fingerprint density at radius 1 is 1.30 bits per heavy atom. The molecule has 20 heavy (non-hydrogen) atoms. The van der Waals surface area contributed by atoms with Gasteiger partial charge in [0.05, 0.1) is 12.0 Å². The van der Waals surface area contributed by atoms with Crippen LogP contribution in [0.1, 0.15) is 27.6 Å². The zero-order chi connectivity index (χ0) is 14.3. The first-order valence-electron chi connectivity index (χ1n) is 6.42. The van der Waals surface area contributed by atoms with Crippen molar-refractivity contribution in [2.24, 2.45) is 0 Å². The highest BCUT2D eigenvalue weighted by molar-refractivity contribution is 9.10. The Morgan fingerprint density at radius 3 is 2.90 bits per heavy atom. The smallest absolute Gasteiger partial charge is 0.131 e. The quantitative estimate of drug-likeness (QED) is 0.676. The van der Waals surface area contributed by atoms with Gasteiger partial charge in [0, 0.05) is 22.0 Å². The molecule has 1 aliphatic rings. The molecule has 0 amide bonds. The van der Waals surface area contributed by atoms with Crippen LogP contribution in [0.15, 0.2) is 34.8 Å². The maximum Gasteiger partial charge on any atom is 0.131 e. The van der Waals surface area contributed by atoms with Gasteiger partial charge in [-0.25, -0.2) is 4.39 Å². The van der Waals surface area contributed by atoms with Crippen molar-refractivity contribution in [1.29, 1.82) is 0 Å². The van der Waals surface area contributed by atoms with Gasteiger partial charge in [-0.3, -0.25) is 0 Å². The molecule has 1 aliphatic heterocycles. The maximum absolute atomic E-state index is 14.3. The van der Waals surface area contributed by atoms with Crippen molar-refractivity contribution in [2.75, 3.05) is 6.61 Å². The van der Waals surface area contributed by atoms with E-state index < -0.39 is 5.38 Å². The lowest BCUT2D eigenvalue weighted by Crippen LogP contribution is -2.01. The second-order valence-corrected chi connectivity index (χ2v) is 6.27. The summed E-state index contributed by atoms with van der Waals surface area (Å²) in [4.78, 5) is 0. The monoisotopic (exact) mass is 354 g/mol. The number of rotatable bonds is 2. The van der Waals surface area contributed by atoms with Crippen LogP contribution in [0.25, 0.3) is 0 Å². The molecule has 0 fully saturated rings. The summed E-state index contributed by atoms with van der Waals surface area (Å²) in [5.74, 6) is 0.549. The molecule has 1 atom stereocenters. The summed E-state index contributed by atoms with van der Waals surface area (Å²) in [7, 11) is 0. The molecule has 0 aliphatic carbocycles. The summed E-state index contributed by atoms with van der Waals surface area (Å²) < 4.78 is 20.9. The lowest BCUT2D eigenvalue weighted by atomic mass is 9.99. The third-order valence-corrected chi connectivity index (χ3v) is 4.47. The van der Waals surface area contributed by atoms with Gasteiger partial charge < -0.3 is 4.74 Å². The SMILES string of the molecule is Cc1cccc(C(Cl)c2cc(Br)cc3c2OCC3)c1F. The Balaban J connectivity index is 2.11. The second kappa shape index (κ2) is 5.38. The lowest BCUT2D eigenvalue weighted by molar-refractivity contribution is 0.353. The Morgan fingerprint density at radius 2 is 2.10 bits per heavy atom. The van der Waals surface area contributed by atoms with Crippen molar-refractivity contribution in [2.45, 2.75) is 18.7 Å². The van der Waals surface area contributed by atoms with Crippen molar-refractivity contribution < 1.29 is 9.13 Å². The van der Waals surface area contributed by atoms with Gasteiger partial charge in [-0.05, 0) is 30.2 Å². The molecule has 104 valence electrons. The first-order valence-corrected chi connectivity index (χ1v) is 7.65. The molecule has 3 rings (SSSR count). The average molecular weight is 356 g/mol. The molecular weight excluding hydrogens is 343 g/mol. The molecule has 2 aromatic rings. The van der Waals surface area contributed by atoms with Crippen LogP contribution in [0, 0.1) is 12.7 Å². The van der Waals surface area contributed by atoms with E-state index in [4.69, 9.17) is 16.3 Å². The Hall–Kier alpha value is -1.06. The standard InChI is InChI=1S/C16H13BrClFO/c1-9-3-2-4-12(15(9)19)14(18)13-8-11(17)7-10-5-6-20-16(10)13/h2-4,7-8,14H,5-6H2,1H3. The van der Waals surface area contributed by atoms with E-state index in [2.05, 4.69) is 15.9 Å². The van der Waals surface area contributed by atoms with Crippen molar-refractivity contribution in [1.82, 2.24) is 0 Å². The zero-order valence-electron chi connectivity index (χ0n) is 10.9. The van der Waals surface area contributed by atoms with Gasteiger partial charge >= 0.3 is 0 Å². The fourth-order valence-corrected chi connectivity index (χ4v) is 3.37. The first kappa shape index (κ1) is 13.9. The number of benzene rings is 2. The third-order valence-electron chi connectivity index (χ3n) is 3.54. The van der Waals surface area contributed by atoms with Crippen LogP contribution < -0.4 is 4.74 Å². The largest absolute Gasteiger partial charge is 0.493 e. The number of hydrogen-bond donors (Lipinski definition) is 0. The molecule has 0 bridgehead atoms. The summed E-state index contributed by atoms with van der Waals surface area (Å²) >= 11 is 10.0. The number of ether oxygens (including phenoxy) is 1. The van der Waals surface area contributed by atoms with Gasteiger partial charge in [0.1, 0.15) is 11.6 Å². The molecule has 0 radical (unpaired) electrons. The van der Waals surface area contributed by atoms with Gasteiger partial charge in [-0.15, -0.1) is 11.6 Å². The van der Waals surface area contributed by atoms with Gasteiger partial charge in [-0.1, -0.05) is 34.1 Å². The predicted molar refractivity (Wildman–Crippen MR) is 82.2 cm³/mol. The molecule has 1 heterocycles. The molecule has 0 aromatic heterocycles. The molecule has 0 saturated heterocycles. The minimum Gasteiger partial charge on any atom is -0.493 e. The normalized spacial score (nSPS) is 14.8. The minimum atomic E-state index is -0.556. The highest BCUT2D eigenvalue weighted by Gasteiger charge is 2.25. The van der Waals surface area contributed by atoms with E-state index in [-0.39, 0.29) is 5.82 Å². The summed E-state index contributed by atoms with van der Waals surface area (Å²) in [6, 6.07) is 9.22. The predicted octanol–water partition coefficient (Wildman–Crippen LogP) is 5.16. The van der Waals surface area contributed by atoms with E-state index >= 15 is 0 Å². The van der Waals surface area contributed by atoms with Crippen molar-refractivity contribution in [3.8, 4) is 5.75 Å². The fraction of sp³-hybridized carbons (Fsp3) is 0.250. The van der Waals surface area contributed by atoms with E-state index in [1.54, 1.807) is 19.1 Å². The van der Waals surface area contributed by atoms with E-state index in [1.807, 2.05) is 18.2 Å². The highest BCUT2D eigenvalue weighted by Crippen LogP contribution is 2.42. The van der Waals surface area contributed by atoms with Gasteiger partial charge in [0.2, 0.25) is 0 Å². The molecule has 0 spiro atoms. The molecule has 1 nitrogen and oxygen atoms in total. The van der Waals surface area contributed by atoms with E-state index in [9.17, 15) is 4.39 Å². The van der Waals surface area contributed by atoms with Crippen LogP contribution in [0.4, 0.5) is 4.39 Å². The van der Waals surface area contributed by atoms with Crippen LogP contribution in [-0.4, -0.2) is 6.61 Å². The molecular formula is C16H13BrClFO. The zero-order valence-corrected chi connectivity index (χ0v) is 13.3. The lowest BCUT2D eigenvalue weighted by Gasteiger charge is -2.16. The van der Waals surface area contributed by atoms with Gasteiger partial charge in [-0.2, -0.15) is 0 Å². The third kappa shape index (κ3) is 2.33. The van der Waals surface area contributed by atoms with Crippen molar-refractivity contribution >= 4 is 27.5 Å². The average Bonchev–Trinajstić information content (AvgIpc) is 2.88. The van der Waals surface area contributed by atoms with Crippen LogP contribution >= 0.6 is 27.5 Å². The Labute approximate surface area is 130 Å². The summed E-state index contributed by atoms with van der Waals surface area (Å²) in [6.07, 6.45) is 0.863. The molecule has 0 saturated carbocycles. The van der Waals surface area contributed by atoms with Crippen LogP contribution in [-0.2, 0) is 6.42 Å². The van der Waals surface area contributed by atoms with Gasteiger partial charge in [0.15, 0.2) is 0 Å². The van der Waals surface area contributed by atoms with Crippen LogP contribution in [0.2, 0.25) is 0 Å².